The number of nitrogens with zero attached hydrogens (tertiary/aromatic N) is 7. The highest BCUT2D eigenvalue weighted by atomic mass is 15.4. The molecule has 0 aliphatic carbocycles. The first-order valence-corrected chi connectivity index (χ1v) is 10.8. The minimum absolute atomic E-state index is 0.857. The first-order valence-electron chi connectivity index (χ1n) is 10.8. The molecule has 30 heavy (non-hydrogen) atoms. The molecular weight excluding hydrogens is 374 g/mol. The fourth-order valence-corrected chi connectivity index (χ4v) is 4.24. The van der Waals surface area contributed by atoms with Crippen LogP contribution in [0.1, 0.15) is 5.69 Å². The zero-order valence-electron chi connectivity index (χ0n) is 17.8. The number of benzene rings is 1. The molecule has 0 radical (unpaired) electrons. The standard InChI is InChI=1S/C23H29N7/c1-18-17-22(29-11-9-27(2)10-12-29)26-23(24-18)30-15-13-28(14-16-30)21-8-7-19-5-3-4-6-20(19)25-21/h3-8,17H,9-16H2,1-2H3. The van der Waals surface area contributed by atoms with Crippen molar-refractivity contribution in [1.82, 2.24) is 19.9 Å². The first kappa shape index (κ1) is 19.1. The van der Waals surface area contributed by atoms with E-state index in [0.717, 1.165) is 81.2 Å². The summed E-state index contributed by atoms with van der Waals surface area (Å²) in [5, 5.41) is 1.18. The summed E-state index contributed by atoms with van der Waals surface area (Å²) < 4.78 is 0. The highest BCUT2D eigenvalue weighted by Gasteiger charge is 2.22. The van der Waals surface area contributed by atoms with Gasteiger partial charge >= 0.3 is 0 Å². The van der Waals surface area contributed by atoms with Crippen molar-refractivity contribution in [1.29, 1.82) is 0 Å². The Balaban J connectivity index is 1.29. The third-order valence-electron chi connectivity index (χ3n) is 6.13. The molecule has 5 rings (SSSR count). The second-order valence-electron chi connectivity index (χ2n) is 8.29. The summed E-state index contributed by atoms with van der Waals surface area (Å²) in [4.78, 5) is 24.0. The van der Waals surface area contributed by atoms with Gasteiger partial charge in [0, 0.05) is 69.5 Å². The second-order valence-corrected chi connectivity index (χ2v) is 8.29. The van der Waals surface area contributed by atoms with E-state index >= 15 is 0 Å². The van der Waals surface area contributed by atoms with E-state index in [2.05, 4.69) is 70.0 Å². The van der Waals surface area contributed by atoms with Gasteiger partial charge in [0.05, 0.1) is 5.52 Å². The number of hydrogen-bond acceptors (Lipinski definition) is 7. The Kier molecular flexibility index (Phi) is 5.12. The first-order chi connectivity index (χ1) is 14.7. The largest absolute Gasteiger partial charge is 0.354 e. The van der Waals surface area contributed by atoms with Gasteiger partial charge in [-0.25, -0.2) is 9.97 Å². The number of aryl methyl sites for hydroxylation is 1. The Morgan fingerprint density at radius 3 is 2.13 bits per heavy atom. The maximum absolute atomic E-state index is 4.93. The van der Waals surface area contributed by atoms with Crippen molar-refractivity contribution < 1.29 is 0 Å². The van der Waals surface area contributed by atoms with Crippen LogP contribution in [0.3, 0.4) is 0 Å². The lowest BCUT2D eigenvalue weighted by Gasteiger charge is -2.37. The molecule has 0 atom stereocenters. The number of rotatable bonds is 3. The van der Waals surface area contributed by atoms with Crippen molar-refractivity contribution in [3.8, 4) is 0 Å². The Labute approximate surface area is 178 Å². The second kappa shape index (κ2) is 8.07. The maximum atomic E-state index is 4.93. The highest BCUT2D eigenvalue weighted by molar-refractivity contribution is 5.80. The van der Waals surface area contributed by atoms with Crippen LogP contribution in [0.2, 0.25) is 0 Å². The van der Waals surface area contributed by atoms with Crippen molar-refractivity contribution in [2.45, 2.75) is 6.92 Å². The predicted molar refractivity (Wildman–Crippen MR) is 123 cm³/mol. The number of fused-ring (bicyclic) bond motifs is 1. The summed E-state index contributed by atoms with van der Waals surface area (Å²) in [7, 11) is 2.18. The molecule has 2 saturated heterocycles. The van der Waals surface area contributed by atoms with E-state index in [1.807, 2.05) is 6.07 Å². The topological polar surface area (TPSA) is 51.6 Å². The Hall–Kier alpha value is -2.93. The van der Waals surface area contributed by atoms with Gasteiger partial charge in [-0.15, -0.1) is 0 Å². The van der Waals surface area contributed by atoms with E-state index in [4.69, 9.17) is 15.0 Å². The molecule has 4 heterocycles. The molecule has 0 bridgehead atoms. The molecule has 0 spiro atoms. The Morgan fingerprint density at radius 2 is 1.33 bits per heavy atom. The van der Waals surface area contributed by atoms with Crippen molar-refractivity contribution in [2.24, 2.45) is 0 Å². The van der Waals surface area contributed by atoms with E-state index in [9.17, 15) is 0 Å². The molecule has 0 unspecified atom stereocenters. The molecular formula is C23H29N7. The fraction of sp³-hybridized carbons (Fsp3) is 0.435. The van der Waals surface area contributed by atoms with Gasteiger partial charge < -0.3 is 19.6 Å². The molecule has 0 saturated carbocycles. The summed E-state index contributed by atoms with van der Waals surface area (Å²) in [5.74, 6) is 2.97. The van der Waals surface area contributed by atoms with Crippen molar-refractivity contribution in [2.75, 3.05) is 74.1 Å². The third kappa shape index (κ3) is 3.89. The summed E-state index contributed by atoms with van der Waals surface area (Å²) in [6.07, 6.45) is 0. The Morgan fingerprint density at radius 1 is 0.667 bits per heavy atom. The molecule has 2 aliphatic rings. The minimum Gasteiger partial charge on any atom is -0.354 e. The van der Waals surface area contributed by atoms with Crippen LogP contribution in [-0.2, 0) is 0 Å². The van der Waals surface area contributed by atoms with Gasteiger partial charge in [-0.2, -0.15) is 4.98 Å². The van der Waals surface area contributed by atoms with E-state index in [-0.39, 0.29) is 0 Å². The van der Waals surface area contributed by atoms with Gasteiger partial charge in [0.25, 0.3) is 0 Å². The van der Waals surface area contributed by atoms with Crippen molar-refractivity contribution >= 4 is 28.5 Å². The number of likely N-dealkylation sites (N-methyl/N-ethyl adjacent to an activating group) is 1. The van der Waals surface area contributed by atoms with Crippen LogP contribution in [0.25, 0.3) is 10.9 Å². The number of aromatic nitrogens is 3. The molecule has 7 nitrogen and oxygen atoms in total. The number of para-hydroxylation sites is 1. The predicted octanol–water partition coefficient (Wildman–Crippen LogP) is 2.41. The average molecular weight is 404 g/mol. The van der Waals surface area contributed by atoms with E-state index in [0.29, 0.717) is 0 Å². The molecule has 2 aromatic heterocycles. The lowest BCUT2D eigenvalue weighted by molar-refractivity contribution is 0.312. The number of hydrogen-bond donors (Lipinski definition) is 0. The van der Waals surface area contributed by atoms with Crippen LogP contribution in [0.4, 0.5) is 17.6 Å². The van der Waals surface area contributed by atoms with E-state index in [1.54, 1.807) is 0 Å². The lowest BCUT2D eigenvalue weighted by atomic mass is 10.2. The van der Waals surface area contributed by atoms with Gasteiger partial charge in [0.1, 0.15) is 11.6 Å². The van der Waals surface area contributed by atoms with Gasteiger partial charge in [-0.05, 0) is 32.2 Å². The Bertz CT molecular complexity index is 1020. The number of piperazine rings is 2. The van der Waals surface area contributed by atoms with Crippen molar-refractivity contribution in [3.63, 3.8) is 0 Å². The van der Waals surface area contributed by atoms with Crippen LogP contribution in [0.5, 0.6) is 0 Å². The normalized spacial score (nSPS) is 18.3. The quantitative estimate of drug-likeness (QED) is 0.666. The molecule has 0 amide bonds. The average Bonchev–Trinajstić information content (AvgIpc) is 2.79. The lowest BCUT2D eigenvalue weighted by Crippen LogP contribution is -2.48. The molecule has 156 valence electrons. The summed E-state index contributed by atoms with van der Waals surface area (Å²) in [6.45, 7) is 9.92. The van der Waals surface area contributed by atoms with Crippen LogP contribution in [-0.4, -0.2) is 79.3 Å². The van der Waals surface area contributed by atoms with Crippen molar-refractivity contribution in [3.05, 3.63) is 48.2 Å². The molecule has 7 heteroatoms. The summed E-state index contributed by atoms with van der Waals surface area (Å²) in [6, 6.07) is 14.7. The van der Waals surface area contributed by atoms with E-state index < -0.39 is 0 Å². The number of anilines is 3. The SMILES string of the molecule is Cc1cc(N2CCN(C)CC2)nc(N2CCN(c3ccc4ccccc4n3)CC2)n1. The maximum Gasteiger partial charge on any atom is 0.227 e. The minimum atomic E-state index is 0.857. The zero-order chi connectivity index (χ0) is 20.5. The smallest absolute Gasteiger partial charge is 0.227 e. The van der Waals surface area contributed by atoms with Crippen LogP contribution < -0.4 is 14.7 Å². The van der Waals surface area contributed by atoms with Gasteiger partial charge in [-0.1, -0.05) is 18.2 Å². The summed E-state index contributed by atoms with van der Waals surface area (Å²) in [5.41, 5.74) is 2.09. The molecule has 2 fully saturated rings. The molecule has 2 aliphatic heterocycles. The third-order valence-corrected chi connectivity index (χ3v) is 6.13. The molecule has 3 aromatic rings. The van der Waals surface area contributed by atoms with Gasteiger partial charge in [0.2, 0.25) is 5.95 Å². The fourth-order valence-electron chi connectivity index (χ4n) is 4.24. The molecule has 0 N–H and O–H groups in total. The van der Waals surface area contributed by atoms with Gasteiger partial charge in [0.15, 0.2) is 0 Å². The zero-order valence-corrected chi connectivity index (χ0v) is 17.8. The van der Waals surface area contributed by atoms with Crippen LogP contribution in [0, 0.1) is 6.92 Å². The van der Waals surface area contributed by atoms with E-state index in [1.165, 1.54) is 5.39 Å². The highest BCUT2D eigenvalue weighted by Crippen LogP contribution is 2.22. The summed E-state index contributed by atoms with van der Waals surface area (Å²) >= 11 is 0. The number of pyridine rings is 1. The van der Waals surface area contributed by atoms with Crippen LogP contribution in [0.15, 0.2) is 42.5 Å². The van der Waals surface area contributed by atoms with Gasteiger partial charge in [-0.3, -0.25) is 0 Å². The molecule has 1 aromatic carbocycles. The van der Waals surface area contributed by atoms with Crippen LogP contribution >= 0.6 is 0 Å². The monoisotopic (exact) mass is 403 g/mol.